The van der Waals surface area contributed by atoms with Gasteiger partial charge in [-0.1, -0.05) is 53.7 Å². The molecule has 1 aliphatic carbocycles. The van der Waals surface area contributed by atoms with Gasteiger partial charge >= 0.3 is 0 Å². The van der Waals surface area contributed by atoms with Crippen molar-refractivity contribution < 1.29 is 4.43 Å². The highest BCUT2D eigenvalue weighted by molar-refractivity contribution is 6.77. The van der Waals surface area contributed by atoms with Gasteiger partial charge in [0.25, 0.3) is 0 Å². The predicted octanol–water partition coefficient (Wildman–Crippen LogP) is 5.29. The molecule has 1 aliphatic rings. The standard InChI is InChI=1S/C15H30OSi/c1-12(2)17(13(3)4,14(5)6)16-15-10-8-7-9-11-15/h8,10,12-15H,7,9,11H2,1-6H3. The van der Waals surface area contributed by atoms with Gasteiger partial charge in [0, 0.05) is 0 Å². The summed E-state index contributed by atoms with van der Waals surface area (Å²) in [6, 6.07) is 0. The smallest absolute Gasteiger partial charge is 0.201 e. The van der Waals surface area contributed by atoms with Gasteiger partial charge in [-0.3, -0.25) is 0 Å². The summed E-state index contributed by atoms with van der Waals surface area (Å²) < 4.78 is 6.72. The summed E-state index contributed by atoms with van der Waals surface area (Å²) in [7, 11) is -1.67. The average molecular weight is 254 g/mol. The lowest BCUT2D eigenvalue weighted by molar-refractivity contribution is 0.199. The van der Waals surface area contributed by atoms with Gasteiger partial charge in [0.15, 0.2) is 0 Å². The first kappa shape index (κ1) is 15.0. The maximum absolute atomic E-state index is 6.72. The van der Waals surface area contributed by atoms with Crippen LogP contribution in [0.3, 0.4) is 0 Å². The molecule has 1 atom stereocenters. The average Bonchev–Trinajstić information content (AvgIpc) is 2.25. The summed E-state index contributed by atoms with van der Waals surface area (Å²) in [5, 5.41) is 0. The molecule has 0 aromatic heterocycles. The van der Waals surface area contributed by atoms with Crippen molar-refractivity contribution in [2.45, 2.75) is 83.5 Å². The molecule has 1 unspecified atom stereocenters. The fraction of sp³-hybridized carbons (Fsp3) is 0.867. The van der Waals surface area contributed by atoms with Gasteiger partial charge in [-0.05, 0) is 35.9 Å². The summed E-state index contributed by atoms with van der Waals surface area (Å²) >= 11 is 0. The summed E-state index contributed by atoms with van der Waals surface area (Å²) in [5.74, 6) is 0. The van der Waals surface area contributed by atoms with Crippen LogP contribution in [0.1, 0.15) is 60.8 Å². The molecule has 0 radical (unpaired) electrons. The molecule has 0 heterocycles. The normalized spacial score (nSPS) is 21.8. The predicted molar refractivity (Wildman–Crippen MR) is 78.9 cm³/mol. The first-order valence-corrected chi connectivity index (χ1v) is 9.39. The van der Waals surface area contributed by atoms with Crippen molar-refractivity contribution in [2.24, 2.45) is 0 Å². The zero-order chi connectivity index (χ0) is 13.1. The Kier molecular flexibility index (Phi) is 5.45. The van der Waals surface area contributed by atoms with Crippen molar-refractivity contribution in [3.05, 3.63) is 12.2 Å². The van der Waals surface area contributed by atoms with Crippen molar-refractivity contribution in [2.75, 3.05) is 0 Å². The maximum atomic E-state index is 6.72. The summed E-state index contributed by atoms with van der Waals surface area (Å²) in [6.45, 7) is 14.2. The van der Waals surface area contributed by atoms with E-state index in [1.165, 1.54) is 19.3 Å². The molecule has 2 heteroatoms. The third kappa shape index (κ3) is 3.23. The van der Waals surface area contributed by atoms with Crippen LogP contribution in [0.2, 0.25) is 16.6 Å². The van der Waals surface area contributed by atoms with E-state index in [0.717, 1.165) is 0 Å². The molecule has 0 saturated carbocycles. The van der Waals surface area contributed by atoms with E-state index in [9.17, 15) is 0 Å². The van der Waals surface area contributed by atoms with E-state index < -0.39 is 8.32 Å². The van der Waals surface area contributed by atoms with E-state index in [1.807, 2.05) is 0 Å². The monoisotopic (exact) mass is 254 g/mol. The molecule has 0 spiro atoms. The van der Waals surface area contributed by atoms with Crippen LogP contribution in [0.25, 0.3) is 0 Å². The number of rotatable bonds is 5. The Labute approximate surface area is 109 Å². The number of allylic oxidation sites excluding steroid dienone is 1. The fourth-order valence-electron chi connectivity index (χ4n) is 3.55. The maximum Gasteiger partial charge on any atom is 0.201 e. The van der Waals surface area contributed by atoms with Crippen molar-refractivity contribution in [3.63, 3.8) is 0 Å². The van der Waals surface area contributed by atoms with Gasteiger partial charge in [-0.25, -0.2) is 0 Å². The van der Waals surface area contributed by atoms with E-state index in [0.29, 0.717) is 22.7 Å². The van der Waals surface area contributed by atoms with Gasteiger partial charge in [0.05, 0.1) is 6.10 Å². The summed E-state index contributed by atoms with van der Waals surface area (Å²) in [6.07, 6.45) is 8.74. The Morgan fingerprint density at radius 1 is 1.00 bits per heavy atom. The van der Waals surface area contributed by atoms with Crippen LogP contribution in [0.5, 0.6) is 0 Å². The lowest BCUT2D eigenvalue weighted by atomic mass is 10.1. The minimum Gasteiger partial charge on any atom is -0.410 e. The van der Waals surface area contributed by atoms with Crippen LogP contribution in [-0.4, -0.2) is 14.4 Å². The second-order valence-electron chi connectivity index (χ2n) is 6.33. The molecule has 0 N–H and O–H groups in total. The summed E-state index contributed by atoms with van der Waals surface area (Å²) in [5.41, 5.74) is 2.08. The van der Waals surface area contributed by atoms with Crippen LogP contribution < -0.4 is 0 Å². The first-order valence-electron chi connectivity index (χ1n) is 7.25. The zero-order valence-electron chi connectivity index (χ0n) is 12.5. The quantitative estimate of drug-likeness (QED) is 0.478. The Bertz CT molecular complexity index is 234. The van der Waals surface area contributed by atoms with E-state index >= 15 is 0 Å². The summed E-state index contributed by atoms with van der Waals surface area (Å²) in [4.78, 5) is 0. The fourth-order valence-corrected chi connectivity index (χ4v) is 9.09. The molecule has 0 bridgehead atoms. The van der Waals surface area contributed by atoms with Crippen molar-refractivity contribution in [1.82, 2.24) is 0 Å². The molecule has 0 amide bonds. The SMILES string of the molecule is CC(C)[Si](OC1C=CCCC1)(C(C)C)C(C)C. The molecule has 100 valence electrons. The number of hydrogen-bond acceptors (Lipinski definition) is 1. The van der Waals surface area contributed by atoms with Crippen LogP contribution in [0.4, 0.5) is 0 Å². The third-order valence-corrected chi connectivity index (χ3v) is 10.4. The van der Waals surface area contributed by atoms with E-state index in [-0.39, 0.29) is 0 Å². The van der Waals surface area contributed by atoms with Gasteiger partial charge in [0.2, 0.25) is 8.32 Å². The molecule has 0 aromatic rings. The second kappa shape index (κ2) is 6.19. The Morgan fingerprint density at radius 2 is 1.53 bits per heavy atom. The highest BCUT2D eigenvalue weighted by atomic mass is 28.4. The van der Waals surface area contributed by atoms with Crippen molar-refractivity contribution in [3.8, 4) is 0 Å². The molecule has 1 nitrogen and oxygen atoms in total. The van der Waals surface area contributed by atoms with Crippen LogP contribution in [-0.2, 0) is 4.43 Å². The second-order valence-corrected chi connectivity index (χ2v) is 11.7. The van der Waals surface area contributed by atoms with Gasteiger partial charge < -0.3 is 4.43 Å². The molecular formula is C15H30OSi. The largest absolute Gasteiger partial charge is 0.410 e. The first-order chi connectivity index (χ1) is 7.91. The minimum atomic E-state index is -1.67. The van der Waals surface area contributed by atoms with Crippen LogP contribution in [0, 0.1) is 0 Å². The molecular weight excluding hydrogens is 224 g/mol. The van der Waals surface area contributed by atoms with Crippen molar-refractivity contribution in [1.29, 1.82) is 0 Å². The third-order valence-electron chi connectivity index (χ3n) is 4.27. The van der Waals surface area contributed by atoms with E-state index in [1.54, 1.807) is 0 Å². The lowest BCUT2D eigenvalue weighted by Gasteiger charge is -2.44. The minimum absolute atomic E-state index is 0.391. The van der Waals surface area contributed by atoms with Crippen LogP contribution in [0.15, 0.2) is 12.2 Å². The molecule has 0 saturated heterocycles. The highest BCUT2D eigenvalue weighted by Gasteiger charge is 2.46. The van der Waals surface area contributed by atoms with Crippen LogP contribution >= 0.6 is 0 Å². The molecule has 0 aliphatic heterocycles. The van der Waals surface area contributed by atoms with E-state index in [4.69, 9.17) is 4.43 Å². The lowest BCUT2D eigenvalue weighted by Crippen LogP contribution is -2.50. The zero-order valence-corrected chi connectivity index (χ0v) is 13.5. The van der Waals surface area contributed by atoms with Crippen molar-refractivity contribution >= 4 is 8.32 Å². The Balaban J connectivity index is 2.88. The topological polar surface area (TPSA) is 9.23 Å². The molecule has 0 fully saturated rings. The molecule has 17 heavy (non-hydrogen) atoms. The highest BCUT2D eigenvalue weighted by Crippen LogP contribution is 2.43. The van der Waals surface area contributed by atoms with E-state index in [2.05, 4.69) is 53.7 Å². The van der Waals surface area contributed by atoms with Gasteiger partial charge in [-0.15, -0.1) is 0 Å². The Morgan fingerprint density at radius 3 is 1.88 bits per heavy atom. The Hall–Kier alpha value is -0.0831. The molecule has 0 aromatic carbocycles. The van der Waals surface area contributed by atoms with Gasteiger partial charge in [-0.2, -0.15) is 0 Å². The molecule has 1 rings (SSSR count). The number of hydrogen-bond donors (Lipinski definition) is 0. The van der Waals surface area contributed by atoms with Gasteiger partial charge in [0.1, 0.15) is 0 Å².